The first-order valence-corrected chi connectivity index (χ1v) is 5.36. The molecule has 4 heteroatoms. The van der Waals surface area contributed by atoms with Crippen LogP contribution >= 0.6 is 0 Å². The summed E-state index contributed by atoms with van der Waals surface area (Å²) in [6.07, 6.45) is -0.209. The van der Waals surface area contributed by atoms with Gasteiger partial charge < -0.3 is 15.0 Å². The van der Waals surface area contributed by atoms with Gasteiger partial charge in [-0.1, -0.05) is 13.8 Å². The lowest BCUT2D eigenvalue weighted by Crippen LogP contribution is -2.47. The van der Waals surface area contributed by atoms with Gasteiger partial charge in [-0.15, -0.1) is 0 Å². The van der Waals surface area contributed by atoms with Crippen molar-refractivity contribution in [1.29, 1.82) is 0 Å². The average Bonchev–Trinajstić information content (AvgIpc) is 2.21. The van der Waals surface area contributed by atoms with Crippen LogP contribution in [0.3, 0.4) is 0 Å². The van der Waals surface area contributed by atoms with Crippen molar-refractivity contribution in [1.82, 2.24) is 10.2 Å². The molecule has 0 aliphatic carbocycles. The van der Waals surface area contributed by atoms with Gasteiger partial charge in [0.05, 0.1) is 6.10 Å². The van der Waals surface area contributed by atoms with Crippen LogP contribution in [0.15, 0.2) is 0 Å². The molecule has 0 atom stereocenters. The van der Waals surface area contributed by atoms with Crippen LogP contribution in [-0.4, -0.2) is 43.3 Å². The molecule has 0 spiro atoms. The minimum atomic E-state index is -0.188. The summed E-state index contributed by atoms with van der Waals surface area (Å²) in [6, 6.07) is 0. The molecule has 1 fully saturated rings. The average molecular weight is 202 g/mol. The van der Waals surface area contributed by atoms with Crippen molar-refractivity contribution in [2.24, 2.45) is 0 Å². The Kier molecular flexibility index (Phi) is 7.20. The van der Waals surface area contributed by atoms with Crippen LogP contribution in [0.25, 0.3) is 0 Å². The van der Waals surface area contributed by atoms with Crippen molar-refractivity contribution < 1.29 is 9.53 Å². The fourth-order valence-electron chi connectivity index (χ4n) is 1.12. The van der Waals surface area contributed by atoms with Crippen LogP contribution in [0, 0.1) is 0 Å². The molecular weight excluding hydrogens is 180 g/mol. The Bertz CT molecular complexity index is 154. The lowest BCUT2D eigenvalue weighted by molar-refractivity contribution is 0.0732. The van der Waals surface area contributed by atoms with Gasteiger partial charge in [0, 0.05) is 26.2 Å². The second kappa shape index (κ2) is 7.62. The van der Waals surface area contributed by atoms with E-state index < -0.39 is 0 Å². The van der Waals surface area contributed by atoms with E-state index in [0.717, 1.165) is 26.2 Å². The largest absolute Gasteiger partial charge is 0.447 e. The van der Waals surface area contributed by atoms with E-state index in [9.17, 15) is 4.79 Å². The summed E-state index contributed by atoms with van der Waals surface area (Å²) < 4.78 is 5.05. The van der Waals surface area contributed by atoms with Crippen molar-refractivity contribution in [3.63, 3.8) is 0 Å². The third kappa shape index (κ3) is 5.07. The van der Waals surface area contributed by atoms with Gasteiger partial charge in [0.15, 0.2) is 0 Å². The maximum atomic E-state index is 11.3. The van der Waals surface area contributed by atoms with Crippen LogP contribution in [0.2, 0.25) is 0 Å². The Hall–Kier alpha value is -0.770. The molecular formula is C10H22N2O2. The smallest absolute Gasteiger partial charge is 0.410 e. The summed E-state index contributed by atoms with van der Waals surface area (Å²) in [6.45, 7) is 11.0. The van der Waals surface area contributed by atoms with Gasteiger partial charge in [-0.2, -0.15) is 0 Å². The van der Waals surface area contributed by atoms with Gasteiger partial charge in [0.1, 0.15) is 0 Å². The lowest BCUT2D eigenvalue weighted by atomic mass is 10.4. The molecule has 0 bridgehead atoms. The van der Waals surface area contributed by atoms with Gasteiger partial charge in [0.25, 0.3) is 0 Å². The molecule has 0 aromatic carbocycles. The molecule has 14 heavy (non-hydrogen) atoms. The van der Waals surface area contributed by atoms with E-state index in [1.54, 1.807) is 4.90 Å². The Morgan fingerprint density at radius 1 is 1.29 bits per heavy atom. The number of rotatable bonds is 1. The quantitative estimate of drug-likeness (QED) is 0.700. The van der Waals surface area contributed by atoms with E-state index in [0.29, 0.717) is 0 Å². The normalized spacial score (nSPS) is 15.9. The highest BCUT2D eigenvalue weighted by molar-refractivity contribution is 5.67. The number of hydrogen-bond acceptors (Lipinski definition) is 3. The van der Waals surface area contributed by atoms with Crippen LogP contribution in [0.4, 0.5) is 4.79 Å². The summed E-state index contributed by atoms with van der Waals surface area (Å²) in [5.74, 6) is 0. The number of hydrogen-bond donors (Lipinski definition) is 1. The molecule has 0 unspecified atom stereocenters. The molecule has 1 saturated heterocycles. The fraction of sp³-hybridized carbons (Fsp3) is 0.900. The third-order valence-corrected chi connectivity index (χ3v) is 1.71. The maximum absolute atomic E-state index is 11.3. The first kappa shape index (κ1) is 13.2. The third-order valence-electron chi connectivity index (χ3n) is 1.71. The zero-order valence-electron chi connectivity index (χ0n) is 9.67. The zero-order valence-corrected chi connectivity index (χ0v) is 9.67. The molecule has 0 saturated carbocycles. The predicted molar refractivity (Wildman–Crippen MR) is 57.4 cm³/mol. The Labute approximate surface area is 86.6 Å². The lowest BCUT2D eigenvalue weighted by Gasteiger charge is -2.27. The van der Waals surface area contributed by atoms with Gasteiger partial charge >= 0.3 is 6.09 Å². The number of piperazine rings is 1. The molecule has 1 aliphatic heterocycles. The molecule has 0 aromatic heterocycles. The Morgan fingerprint density at radius 3 is 2.21 bits per heavy atom. The second-order valence-corrected chi connectivity index (χ2v) is 3.17. The summed E-state index contributed by atoms with van der Waals surface area (Å²) >= 11 is 0. The number of nitrogens with zero attached hydrogens (tertiary/aromatic N) is 1. The highest BCUT2D eigenvalue weighted by Crippen LogP contribution is 1.99. The molecule has 1 aliphatic rings. The Morgan fingerprint density at radius 2 is 1.79 bits per heavy atom. The van der Waals surface area contributed by atoms with E-state index in [2.05, 4.69) is 5.32 Å². The topological polar surface area (TPSA) is 41.6 Å². The van der Waals surface area contributed by atoms with Gasteiger partial charge in [0.2, 0.25) is 0 Å². The van der Waals surface area contributed by atoms with Gasteiger partial charge in [-0.25, -0.2) is 4.79 Å². The van der Waals surface area contributed by atoms with Crippen LogP contribution in [-0.2, 0) is 4.74 Å². The molecule has 4 nitrogen and oxygen atoms in total. The second-order valence-electron chi connectivity index (χ2n) is 3.17. The number of carbonyl (C=O) groups excluding carboxylic acids is 1. The highest BCUT2D eigenvalue weighted by atomic mass is 16.6. The zero-order chi connectivity index (χ0) is 11.0. The van der Waals surface area contributed by atoms with E-state index in [4.69, 9.17) is 4.74 Å². The van der Waals surface area contributed by atoms with Crippen LogP contribution in [0.5, 0.6) is 0 Å². The monoisotopic (exact) mass is 202 g/mol. The first-order valence-electron chi connectivity index (χ1n) is 5.36. The summed E-state index contributed by atoms with van der Waals surface area (Å²) in [5.41, 5.74) is 0. The molecule has 1 amide bonds. The summed E-state index contributed by atoms with van der Waals surface area (Å²) in [4.78, 5) is 13.0. The van der Waals surface area contributed by atoms with Crippen molar-refractivity contribution in [3.8, 4) is 0 Å². The predicted octanol–water partition coefficient (Wildman–Crippen LogP) is 1.46. The maximum Gasteiger partial charge on any atom is 0.410 e. The minimum Gasteiger partial charge on any atom is -0.447 e. The van der Waals surface area contributed by atoms with Crippen LogP contribution < -0.4 is 5.32 Å². The molecule has 0 aromatic rings. The van der Waals surface area contributed by atoms with Crippen molar-refractivity contribution in [2.45, 2.75) is 33.8 Å². The number of amides is 1. The molecule has 1 heterocycles. The van der Waals surface area contributed by atoms with Gasteiger partial charge in [-0.3, -0.25) is 0 Å². The first-order chi connectivity index (χ1) is 6.70. The molecule has 1 rings (SSSR count). The Balaban J connectivity index is 0.000000791. The number of carbonyl (C=O) groups is 1. The van der Waals surface area contributed by atoms with E-state index in [1.165, 1.54) is 0 Å². The fourth-order valence-corrected chi connectivity index (χ4v) is 1.12. The number of nitrogens with one attached hydrogen (secondary N) is 1. The molecule has 84 valence electrons. The van der Waals surface area contributed by atoms with E-state index in [1.807, 2.05) is 27.7 Å². The minimum absolute atomic E-state index is 0.0209. The van der Waals surface area contributed by atoms with Crippen molar-refractivity contribution in [2.75, 3.05) is 26.2 Å². The highest BCUT2D eigenvalue weighted by Gasteiger charge is 2.17. The molecule has 1 N–H and O–H groups in total. The van der Waals surface area contributed by atoms with E-state index >= 15 is 0 Å². The standard InChI is InChI=1S/C8H16N2O2.C2H6/c1-7(2)12-8(11)10-5-3-9-4-6-10;1-2/h7,9H,3-6H2,1-2H3;1-2H3. The number of ether oxygens (including phenoxy) is 1. The summed E-state index contributed by atoms with van der Waals surface area (Å²) in [7, 11) is 0. The molecule has 0 radical (unpaired) electrons. The van der Waals surface area contributed by atoms with Crippen LogP contribution in [0.1, 0.15) is 27.7 Å². The van der Waals surface area contributed by atoms with Crippen molar-refractivity contribution in [3.05, 3.63) is 0 Å². The van der Waals surface area contributed by atoms with E-state index in [-0.39, 0.29) is 12.2 Å². The van der Waals surface area contributed by atoms with Crippen molar-refractivity contribution >= 4 is 6.09 Å². The summed E-state index contributed by atoms with van der Waals surface area (Å²) in [5, 5.41) is 3.17. The SMILES string of the molecule is CC.CC(C)OC(=O)N1CCNCC1. The van der Waals surface area contributed by atoms with Gasteiger partial charge in [-0.05, 0) is 13.8 Å².